The molecular weight excluding hydrogens is 296 g/mol. The molecule has 0 saturated carbocycles. The van der Waals surface area contributed by atoms with Gasteiger partial charge in [0.2, 0.25) is 0 Å². The van der Waals surface area contributed by atoms with Crippen molar-refractivity contribution in [2.75, 3.05) is 37.1 Å². The van der Waals surface area contributed by atoms with Gasteiger partial charge in [0, 0.05) is 18.9 Å². The molecule has 7 heteroatoms. The van der Waals surface area contributed by atoms with Crippen molar-refractivity contribution in [2.45, 2.75) is 13.5 Å². The van der Waals surface area contributed by atoms with Gasteiger partial charge in [0.1, 0.15) is 12.4 Å². The Kier molecular flexibility index (Phi) is 4.10. The van der Waals surface area contributed by atoms with E-state index in [4.69, 9.17) is 9.47 Å². The Morgan fingerprint density at radius 1 is 1.52 bits per heavy atom. The first-order valence-corrected chi connectivity index (χ1v) is 7.42. The van der Waals surface area contributed by atoms with E-state index in [0.717, 1.165) is 34.9 Å². The molecule has 0 atom stereocenters. The van der Waals surface area contributed by atoms with E-state index in [1.54, 1.807) is 13.4 Å². The van der Waals surface area contributed by atoms with Gasteiger partial charge in [-0.3, -0.25) is 4.90 Å². The minimum Gasteiger partial charge on any atom is -0.489 e. The zero-order valence-corrected chi connectivity index (χ0v) is 13.5. The summed E-state index contributed by atoms with van der Waals surface area (Å²) in [6.07, 6.45) is 3.15. The zero-order valence-electron chi connectivity index (χ0n) is 13.5. The average Bonchev–Trinajstić information content (AvgIpc) is 3.07. The lowest BCUT2D eigenvalue weighted by Gasteiger charge is -2.33. The number of aromatic nitrogens is 2. The van der Waals surface area contributed by atoms with Gasteiger partial charge in [-0.1, -0.05) is 0 Å². The molecule has 0 radical (unpaired) electrons. The summed E-state index contributed by atoms with van der Waals surface area (Å²) in [5.74, 6) is 0.855. The molecule has 1 aromatic carbocycles. The summed E-state index contributed by atoms with van der Waals surface area (Å²) in [5.41, 5.74) is 3.68. The number of carbonyl (C=O) groups excluding carboxylic acids is 1. The summed E-state index contributed by atoms with van der Waals surface area (Å²) in [7, 11) is 3.06. The number of amides is 1. The number of H-pyrrole nitrogens is 1. The monoisotopic (exact) mass is 316 g/mol. The zero-order chi connectivity index (χ0) is 16.4. The molecule has 0 bridgehead atoms. The number of carbonyl (C=O) groups is 1. The highest BCUT2D eigenvalue weighted by molar-refractivity contribution is 5.88. The lowest BCUT2D eigenvalue weighted by atomic mass is 10.1. The highest BCUT2D eigenvalue weighted by Gasteiger charge is 2.23. The van der Waals surface area contributed by atoms with Gasteiger partial charge in [-0.25, -0.2) is 9.78 Å². The van der Waals surface area contributed by atoms with Crippen LogP contribution in [0.2, 0.25) is 0 Å². The predicted molar refractivity (Wildman–Crippen MR) is 87.1 cm³/mol. The summed E-state index contributed by atoms with van der Waals surface area (Å²) in [5, 5.41) is 0. The number of ether oxygens (including phenoxy) is 2. The number of aryl methyl sites for hydroxylation is 1. The van der Waals surface area contributed by atoms with Crippen molar-refractivity contribution >= 4 is 17.5 Å². The maximum Gasteiger partial charge on any atom is 0.413 e. The fraction of sp³-hybridized carbons (Fsp3) is 0.375. The number of anilines is 2. The molecule has 0 unspecified atom stereocenters. The van der Waals surface area contributed by atoms with E-state index in [-0.39, 0.29) is 0 Å². The fourth-order valence-electron chi connectivity index (χ4n) is 2.71. The predicted octanol–water partition coefficient (Wildman–Crippen LogP) is 2.32. The van der Waals surface area contributed by atoms with Gasteiger partial charge in [-0.15, -0.1) is 0 Å². The SMILES string of the molecule is COC(=O)N(C)c1cc(C)c2c(c1)N(Cc1c[nH]cn1)CCO2. The molecule has 1 N–H and O–H groups in total. The van der Waals surface area contributed by atoms with Crippen molar-refractivity contribution in [1.29, 1.82) is 0 Å². The maximum atomic E-state index is 11.8. The molecule has 0 spiro atoms. The second kappa shape index (κ2) is 6.20. The number of benzene rings is 1. The van der Waals surface area contributed by atoms with Gasteiger partial charge >= 0.3 is 6.09 Å². The van der Waals surface area contributed by atoms with Crippen LogP contribution < -0.4 is 14.5 Å². The van der Waals surface area contributed by atoms with Gasteiger partial charge in [0.25, 0.3) is 0 Å². The Bertz CT molecular complexity index is 700. The molecule has 2 heterocycles. The van der Waals surface area contributed by atoms with Crippen LogP contribution in [0.1, 0.15) is 11.3 Å². The Balaban J connectivity index is 1.96. The molecule has 0 aliphatic carbocycles. The van der Waals surface area contributed by atoms with Crippen molar-refractivity contribution in [3.63, 3.8) is 0 Å². The first-order chi connectivity index (χ1) is 11.1. The summed E-state index contributed by atoms with van der Waals surface area (Å²) in [4.78, 5) is 22.7. The topological polar surface area (TPSA) is 70.7 Å². The van der Waals surface area contributed by atoms with Gasteiger partial charge in [0.05, 0.1) is 37.9 Å². The normalized spacial score (nSPS) is 13.3. The highest BCUT2D eigenvalue weighted by atomic mass is 16.5. The Labute approximate surface area is 134 Å². The Morgan fingerprint density at radius 2 is 2.35 bits per heavy atom. The van der Waals surface area contributed by atoms with Crippen molar-refractivity contribution in [3.8, 4) is 5.75 Å². The molecule has 23 heavy (non-hydrogen) atoms. The third-order valence-corrected chi connectivity index (χ3v) is 3.93. The number of fused-ring (bicyclic) bond motifs is 1. The van der Waals surface area contributed by atoms with Gasteiger partial charge in [0.15, 0.2) is 0 Å². The first kappa shape index (κ1) is 15.2. The van der Waals surface area contributed by atoms with Gasteiger partial charge in [-0.05, 0) is 24.6 Å². The Morgan fingerprint density at radius 3 is 3.04 bits per heavy atom. The van der Waals surface area contributed by atoms with Crippen LogP contribution in [-0.4, -0.2) is 43.4 Å². The number of aromatic amines is 1. The lowest BCUT2D eigenvalue weighted by molar-refractivity contribution is 0.180. The number of nitrogens with zero attached hydrogens (tertiary/aromatic N) is 3. The smallest absolute Gasteiger partial charge is 0.413 e. The molecule has 3 rings (SSSR count). The van der Waals surface area contributed by atoms with E-state index in [9.17, 15) is 4.79 Å². The van der Waals surface area contributed by atoms with E-state index in [0.29, 0.717) is 13.2 Å². The van der Waals surface area contributed by atoms with E-state index in [2.05, 4.69) is 14.9 Å². The summed E-state index contributed by atoms with van der Waals surface area (Å²) >= 11 is 0. The van der Waals surface area contributed by atoms with Crippen LogP contribution in [0.4, 0.5) is 16.2 Å². The molecule has 1 aliphatic rings. The van der Waals surface area contributed by atoms with E-state index in [1.807, 2.05) is 25.3 Å². The molecule has 1 amide bonds. The molecule has 7 nitrogen and oxygen atoms in total. The minimum absolute atomic E-state index is 0.403. The largest absolute Gasteiger partial charge is 0.489 e. The van der Waals surface area contributed by atoms with Crippen molar-refractivity contribution in [1.82, 2.24) is 9.97 Å². The van der Waals surface area contributed by atoms with Gasteiger partial charge in [-0.2, -0.15) is 0 Å². The minimum atomic E-state index is -0.403. The van der Waals surface area contributed by atoms with Crippen molar-refractivity contribution in [2.24, 2.45) is 0 Å². The first-order valence-electron chi connectivity index (χ1n) is 7.42. The van der Waals surface area contributed by atoms with Crippen LogP contribution in [0.15, 0.2) is 24.7 Å². The van der Waals surface area contributed by atoms with Crippen LogP contribution in [0, 0.1) is 6.92 Å². The Hall–Kier alpha value is -2.70. The second-order valence-corrected chi connectivity index (χ2v) is 5.47. The van der Waals surface area contributed by atoms with E-state index >= 15 is 0 Å². The van der Waals surface area contributed by atoms with Crippen LogP contribution in [0.25, 0.3) is 0 Å². The molecule has 122 valence electrons. The third-order valence-electron chi connectivity index (χ3n) is 3.93. The molecule has 2 aromatic rings. The summed E-state index contributed by atoms with van der Waals surface area (Å²) in [6.45, 7) is 4.06. The van der Waals surface area contributed by atoms with Crippen LogP contribution in [0.5, 0.6) is 5.75 Å². The fourth-order valence-corrected chi connectivity index (χ4v) is 2.71. The lowest BCUT2D eigenvalue weighted by Crippen LogP contribution is -2.33. The van der Waals surface area contributed by atoms with Crippen molar-refractivity contribution in [3.05, 3.63) is 35.9 Å². The summed E-state index contributed by atoms with van der Waals surface area (Å²) in [6, 6.07) is 3.87. The number of hydrogen-bond acceptors (Lipinski definition) is 5. The third kappa shape index (κ3) is 2.94. The number of imidazole rings is 1. The molecule has 1 aliphatic heterocycles. The standard InChI is InChI=1S/C16H20N4O3/c1-11-6-13(19(2)16(21)22-3)7-14-15(11)23-5-4-20(14)9-12-8-17-10-18-12/h6-8,10H,4-5,9H2,1-3H3,(H,17,18). The second-order valence-electron chi connectivity index (χ2n) is 5.47. The maximum absolute atomic E-state index is 11.8. The number of nitrogens with one attached hydrogen (secondary N) is 1. The highest BCUT2D eigenvalue weighted by Crippen LogP contribution is 2.39. The van der Waals surface area contributed by atoms with E-state index < -0.39 is 6.09 Å². The number of hydrogen-bond donors (Lipinski definition) is 1. The number of rotatable bonds is 3. The van der Waals surface area contributed by atoms with E-state index in [1.165, 1.54) is 12.0 Å². The van der Waals surface area contributed by atoms with Crippen molar-refractivity contribution < 1.29 is 14.3 Å². The molecular formula is C16H20N4O3. The number of methoxy groups -OCH3 is 1. The van der Waals surface area contributed by atoms with Crippen LogP contribution >= 0.6 is 0 Å². The molecule has 1 aromatic heterocycles. The van der Waals surface area contributed by atoms with Crippen LogP contribution in [0.3, 0.4) is 0 Å². The quantitative estimate of drug-likeness (QED) is 0.941. The molecule has 0 saturated heterocycles. The summed E-state index contributed by atoms with van der Waals surface area (Å²) < 4.78 is 10.6. The van der Waals surface area contributed by atoms with Gasteiger partial charge < -0.3 is 19.4 Å². The average molecular weight is 316 g/mol. The molecule has 0 fully saturated rings. The van der Waals surface area contributed by atoms with Crippen LogP contribution in [-0.2, 0) is 11.3 Å².